The number of para-hydroxylation sites is 1. The van der Waals surface area contributed by atoms with Gasteiger partial charge in [0.1, 0.15) is 5.75 Å². The van der Waals surface area contributed by atoms with Crippen molar-refractivity contribution in [2.45, 2.75) is 25.3 Å². The summed E-state index contributed by atoms with van der Waals surface area (Å²) in [7, 11) is 1.71. The first kappa shape index (κ1) is 16.3. The molecular weight excluding hydrogens is 316 g/mol. The first-order chi connectivity index (χ1) is 12.3. The van der Waals surface area contributed by atoms with Crippen molar-refractivity contribution in [2.24, 2.45) is 0 Å². The normalized spacial score (nSPS) is 19.6. The number of aromatic amines is 1. The number of H-pyrrole nitrogens is 1. The number of methoxy groups -OCH3 is 1. The number of fused-ring (bicyclic) bond motifs is 1. The van der Waals surface area contributed by atoms with Crippen LogP contribution in [0.1, 0.15) is 18.4 Å². The number of rotatable bonds is 5. The summed E-state index contributed by atoms with van der Waals surface area (Å²) in [6.07, 6.45) is 5.29. The molecule has 0 saturated carbocycles. The number of aromatic nitrogens is 1. The zero-order valence-corrected chi connectivity index (χ0v) is 14.8. The largest absolute Gasteiger partial charge is 0.495 e. The molecule has 3 heterocycles. The van der Waals surface area contributed by atoms with Crippen LogP contribution in [0.4, 0.5) is 4.79 Å². The standard InChI is InChI=1S/C19H26N4O2/c1-25-17-4-2-3-16-14(13-21-18(16)17)5-9-22-10-6-15(7-11-22)23-12-8-20-19(23)24/h2-4,13,15,21H,5-12H2,1H3,(H,20,24). The summed E-state index contributed by atoms with van der Waals surface area (Å²) in [6, 6.07) is 6.72. The number of likely N-dealkylation sites (tertiary alicyclic amines) is 1. The number of amides is 2. The summed E-state index contributed by atoms with van der Waals surface area (Å²) in [5.74, 6) is 0.897. The lowest BCUT2D eigenvalue weighted by molar-refractivity contribution is 0.137. The Labute approximate surface area is 148 Å². The number of hydrogen-bond donors (Lipinski definition) is 2. The second-order valence-corrected chi connectivity index (χ2v) is 6.94. The molecule has 0 bridgehead atoms. The Kier molecular flexibility index (Phi) is 4.53. The number of nitrogens with zero attached hydrogens (tertiary/aromatic N) is 2. The highest BCUT2D eigenvalue weighted by Gasteiger charge is 2.30. The van der Waals surface area contributed by atoms with Gasteiger partial charge in [-0.1, -0.05) is 12.1 Å². The average Bonchev–Trinajstić information content (AvgIpc) is 3.26. The van der Waals surface area contributed by atoms with Crippen LogP contribution < -0.4 is 10.1 Å². The van der Waals surface area contributed by atoms with E-state index in [9.17, 15) is 4.79 Å². The van der Waals surface area contributed by atoms with Gasteiger partial charge >= 0.3 is 6.03 Å². The third-order valence-corrected chi connectivity index (χ3v) is 5.57. The molecule has 0 spiro atoms. The molecule has 2 aliphatic rings. The maximum absolute atomic E-state index is 11.8. The van der Waals surface area contributed by atoms with Gasteiger partial charge in [0.15, 0.2) is 0 Å². The Morgan fingerprint density at radius 2 is 2.08 bits per heavy atom. The van der Waals surface area contributed by atoms with Crippen LogP contribution >= 0.6 is 0 Å². The lowest BCUT2D eigenvalue weighted by Crippen LogP contribution is -2.46. The third kappa shape index (κ3) is 3.18. The van der Waals surface area contributed by atoms with Crippen LogP contribution in [0.15, 0.2) is 24.4 Å². The van der Waals surface area contributed by atoms with Gasteiger partial charge in [-0.25, -0.2) is 4.79 Å². The van der Waals surface area contributed by atoms with Gasteiger partial charge in [-0.05, 0) is 30.9 Å². The van der Waals surface area contributed by atoms with Gasteiger partial charge in [-0.2, -0.15) is 0 Å². The van der Waals surface area contributed by atoms with Crippen LogP contribution in [0.25, 0.3) is 10.9 Å². The van der Waals surface area contributed by atoms with E-state index in [0.29, 0.717) is 6.04 Å². The summed E-state index contributed by atoms with van der Waals surface area (Å²) in [6.45, 7) is 4.85. The fraction of sp³-hybridized carbons (Fsp3) is 0.526. The Bertz CT molecular complexity index is 749. The zero-order chi connectivity index (χ0) is 17.2. The summed E-state index contributed by atoms with van der Waals surface area (Å²) in [4.78, 5) is 19.7. The van der Waals surface area contributed by atoms with Crippen LogP contribution in [-0.2, 0) is 6.42 Å². The van der Waals surface area contributed by atoms with Gasteiger partial charge in [-0.3, -0.25) is 0 Å². The highest BCUT2D eigenvalue weighted by atomic mass is 16.5. The predicted octanol–water partition coefficient (Wildman–Crippen LogP) is 2.21. The van der Waals surface area contributed by atoms with E-state index >= 15 is 0 Å². The molecule has 1 aromatic carbocycles. The second kappa shape index (κ2) is 6.96. The van der Waals surface area contributed by atoms with E-state index in [2.05, 4.69) is 27.5 Å². The number of urea groups is 1. The fourth-order valence-corrected chi connectivity index (χ4v) is 4.13. The lowest BCUT2D eigenvalue weighted by Gasteiger charge is -2.36. The van der Waals surface area contributed by atoms with Crippen LogP contribution in [-0.4, -0.2) is 66.7 Å². The number of nitrogens with one attached hydrogen (secondary N) is 2. The molecule has 2 fully saturated rings. The van der Waals surface area contributed by atoms with Crippen molar-refractivity contribution in [2.75, 3.05) is 39.8 Å². The van der Waals surface area contributed by atoms with Crippen molar-refractivity contribution in [3.63, 3.8) is 0 Å². The van der Waals surface area contributed by atoms with Gasteiger partial charge in [0.2, 0.25) is 0 Å². The number of hydrogen-bond acceptors (Lipinski definition) is 3. The molecule has 0 aliphatic carbocycles. The molecule has 2 aromatic rings. The molecule has 0 unspecified atom stereocenters. The van der Waals surface area contributed by atoms with Crippen molar-refractivity contribution in [1.29, 1.82) is 0 Å². The molecule has 25 heavy (non-hydrogen) atoms. The SMILES string of the molecule is COc1cccc2c(CCN3CCC(N4CCNC4=O)CC3)c[nH]c12. The average molecular weight is 342 g/mol. The molecule has 2 amide bonds. The monoisotopic (exact) mass is 342 g/mol. The summed E-state index contributed by atoms with van der Waals surface area (Å²) >= 11 is 0. The van der Waals surface area contributed by atoms with Crippen molar-refractivity contribution < 1.29 is 9.53 Å². The van der Waals surface area contributed by atoms with Crippen molar-refractivity contribution >= 4 is 16.9 Å². The van der Waals surface area contributed by atoms with Crippen LogP contribution in [0, 0.1) is 0 Å². The van der Waals surface area contributed by atoms with Crippen molar-refractivity contribution in [1.82, 2.24) is 20.1 Å². The number of piperidine rings is 1. The van der Waals surface area contributed by atoms with Crippen LogP contribution in [0.2, 0.25) is 0 Å². The Morgan fingerprint density at radius 3 is 2.80 bits per heavy atom. The summed E-state index contributed by atoms with van der Waals surface area (Å²) in [5.41, 5.74) is 2.42. The summed E-state index contributed by atoms with van der Waals surface area (Å²) < 4.78 is 5.43. The molecule has 1 aromatic heterocycles. The number of benzene rings is 1. The minimum absolute atomic E-state index is 0.117. The molecule has 4 rings (SSSR count). The molecule has 0 atom stereocenters. The zero-order valence-electron chi connectivity index (χ0n) is 14.8. The molecule has 134 valence electrons. The Hall–Kier alpha value is -2.21. The van der Waals surface area contributed by atoms with Crippen molar-refractivity contribution in [3.8, 4) is 5.75 Å². The van der Waals surface area contributed by atoms with E-state index in [1.165, 1.54) is 10.9 Å². The van der Waals surface area contributed by atoms with Gasteiger partial charge in [0.25, 0.3) is 0 Å². The quantitative estimate of drug-likeness (QED) is 0.876. The Balaban J connectivity index is 1.33. The number of carbonyl (C=O) groups excluding carboxylic acids is 1. The Morgan fingerprint density at radius 1 is 1.24 bits per heavy atom. The minimum Gasteiger partial charge on any atom is -0.495 e. The van der Waals surface area contributed by atoms with Gasteiger partial charge in [0.05, 0.1) is 12.6 Å². The number of ether oxygens (including phenoxy) is 1. The van der Waals surface area contributed by atoms with Crippen LogP contribution in [0.5, 0.6) is 5.75 Å². The number of carbonyl (C=O) groups is 1. The van der Waals surface area contributed by atoms with E-state index in [-0.39, 0.29) is 6.03 Å². The van der Waals surface area contributed by atoms with Gasteiger partial charge in [-0.15, -0.1) is 0 Å². The van der Waals surface area contributed by atoms with Gasteiger partial charge in [0, 0.05) is 50.3 Å². The van der Waals surface area contributed by atoms with Crippen LogP contribution in [0.3, 0.4) is 0 Å². The minimum atomic E-state index is 0.117. The first-order valence-corrected chi connectivity index (χ1v) is 9.16. The molecule has 6 nitrogen and oxygen atoms in total. The highest BCUT2D eigenvalue weighted by Crippen LogP contribution is 2.27. The van der Waals surface area contributed by atoms with Gasteiger partial charge < -0.3 is 24.8 Å². The topological polar surface area (TPSA) is 60.6 Å². The fourth-order valence-electron chi connectivity index (χ4n) is 4.13. The molecule has 2 saturated heterocycles. The van der Waals surface area contributed by atoms with Crippen molar-refractivity contribution in [3.05, 3.63) is 30.0 Å². The smallest absolute Gasteiger partial charge is 0.317 e. The second-order valence-electron chi connectivity index (χ2n) is 6.94. The molecule has 2 N–H and O–H groups in total. The van der Waals surface area contributed by atoms with E-state index in [1.54, 1.807) is 7.11 Å². The molecular formula is C19H26N4O2. The molecule has 2 aliphatic heterocycles. The maximum Gasteiger partial charge on any atom is 0.317 e. The predicted molar refractivity (Wildman–Crippen MR) is 98.1 cm³/mol. The third-order valence-electron chi connectivity index (χ3n) is 5.57. The van der Waals surface area contributed by atoms with E-state index in [0.717, 1.165) is 63.3 Å². The van der Waals surface area contributed by atoms with E-state index < -0.39 is 0 Å². The molecule has 6 heteroatoms. The summed E-state index contributed by atoms with van der Waals surface area (Å²) in [5, 5.41) is 4.16. The van der Waals surface area contributed by atoms with E-state index in [4.69, 9.17) is 4.74 Å². The van der Waals surface area contributed by atoms with E-state index in [1.807, 2.05) is 17.0 Å². The highest BCUT2D eigenvalue weighted by molar-refractivity contribution is 5.88. The lowest BCUT2D eigenvalue weighted by atomic mass is 10.0. The molecule has 0 radical (unpaired) electrons. The first-order valence-electron chi connectivity index (χ1n) is 9.16. The maximum atomic E-state index is 11.8.